The summed E-state index contributed by atoms with van der Waals surface area (Å²) >= 11 is 1.39. The SMILES string of the molecule is COCCCCN(C)C(=O)c1cn2c(nc3ccc(CN(OC(C)(C)C)C(=C=O)[C@H]4CCCO4)cc32)s1. The fourth-order valence-corrected chi connectivity index (χ4v) is 5.36. The lowest BCUT2D eigenvalue weighted by atomic mass is 10.1. The van der Waals surface area contributed by atoms with Crippen molar-refractivity contribution in [1.29, 1.82) is 0 Å². The van der Waals surface area contributed by atoms with E-state index >= 15 is 0 Å². The van der Waals surface area contributed by atoms with Gasteiger partial charge >= 0.3 is 0 Å². The van der Waals surface area contributed by atoms with Crippen molar-refractivity contribution < 1.29 is 23.9 Å². The molecule has 0 unspecified atom stereocenters. The molecule has 1 atom stereocenters. The van der Waals surface area contributed by atoms with E-state index in [9.17, 15) is 9.59 Å². The average molecular weight is 529 g/mol. The molecule has 1 aromatic carbocycles. The van der Waals surface area contributed by atoms with Crippen LogP contribution in [0.4, 0.5) is 0 Å². The first-order chi connectivity index (χ1) is 17.7. The maximum absolute atomic E-state index is 13.0. The summed E-state index contributed by atoms with van der Waals surface area (Å²) in [7, 11) is 3.51. The molecule has 3 heterocycles. The van der Waals surface area contributed by atoms with Crippen molar-refractivity contribution in [2.75, 3.05) is 33.9 Å². The van der Waals surface area contributed by atoms with Gasteiger partial charge in [0.15, 0.2) is 16.6 Å². The van der Waals surface area contributed by atoms with Gasteiger partial charge in [-0.1, -0.05) is 17.4 Å². The first-order valence-corrected chi connectivity index (χ1v) is 13.5. The molecule has 4 rings (SSSR count). The maximum atomic E-state index is 13.0. The van der Waals surface area contributed by atoms with E-state index in [0.29, 0.717) is 36.9 Å². The molecule has 3 aromatic rings. The van der Waals surface area contributed by atoms with E-state index in [0.717, 1.165) is 47.2 Å². The molecule has 10 heteroatoms. The van der Waals surface area contributed by atoms with Crippen LogP contribution in [0.2, 0.25) is 0 Å². The van der Waals surface area contributed by atoms with E-state index in [2.05, 4.69) is 5.94 Å². The van der Waals surface area contributed by atoms with Crippen LogP contribution >= 0.6 is 11.3 Å². The van der Waals surface area contributed by atoms with Gasteiger partial charge in [-0.2, -0.15) is 0 Å². The number of fused-ring (bicyclic) bond motifs is 3. The summed E-state index contributed by atoms with van der Waals surface area (Å²) in [6.07, 6.45) is 5.02. The van der Waals surface area contributed by atoms with Crippen LogP contribution in [-0.4, -0.2) is 76.8 Å². The van der Waals surface area contributed by atoms with Crippen LogP contribution in [0.25, 0.3) is 16.0 Å². The predicted octanol–water partition coefficient (Wildman–Crippen LogP) is 4.47. The molecule has 9 nitrogen and oxygen atoms in total. The molecule has 0 bridgehead atoms. The maximum Gasteiger partial charge on any atom is 0.265 e. The molecular formula is C27H36N4O5S. The van der Waals surface area contributed by atoms with Crippen LogP contribution in [-0.2, 0) is 25.7 Å². The minimum absolute atomic E-state index is 0.0145. The van der Waals surface area contributed by atoms with Crippen molar-refractivity contribution in [2.45, 2.75) is 64.7 Å². The van der Waals surface area contributed by atoms with Crippen LogP contribution in [0.3, 0.4) is 0 Å². The predicted molar refractivity (Wildman–Crippen MR) is 143 cm³/mol. The van der Waals surface area contributed by atoms with E-state index in [1.807, 2.05) is 56.6 Å². The number of hydrogen-bond acceptors (Lipinski definition) is 8. The van der Waals surface area contributed by atoms with Gasteiger partial charge in [-0.25, -0.2) is 14.8 Å². The fourth-order valence-electron chi connectivity index (χ4n) is 4.37. The second-order valence-electron chi connectivity index (χ2n) is 10.3. The van der Waals surface area contributed by atoms with Gasteiger partial charge in [0.05, 0.1) is 23.2 Å². The van der Waals surface area contributed by atoms with Crippen molar-refractivity contribution in [1.82, 2.24) is 19.3 Å². The molecule has 1 amide bonds. The summed E-state index contributed by atoms with van der Waals surface area (Å²) in [4.78, 5) is 39.0. The molecule has 0 N–H and O–H groups in total. The number of unbranched alkanes of at least 4 members (excludes halogenated alkanes) is 1. The van der Waals surface area contributed by atoms with Gasteiger partial charge in [0.25, 0.3) is 5.91 Å². The fraction of sp³-hybridized carbons (Fsp3) is 0.556. The van der Waals surface area contributed by atoms with Crippen LogP contribution in [0.5, 0.6) is 0 Å². The van der Waals surface area contributed by atoms with Crippen molar-refractivity contribution in [3.05, 3.63) is 40.5 Å². The van der Waals surface area contributed by atoms with E-state index in [-0.39, 0.29) is 12.0 Å². The molecule has 1 fully saturated rings. The van der Waals surface area contributed by atoms with Crippen LogP contribution < -0.4 is 0 Å². The molecule has 1 aliphatic heterocycles. The van der Waals surface area contributed by atoms with Gasteiger partial charge in [-0.05, 0) is 64.2 Å². The van der Waals surface area contributed by atoms with Gasteiger partial charge in [0, 0.05) is 40.1 Å². The molecule has 200 valence electrons. The number of methoxy groups -OCH3 is 1. The van der Waals surface area contributed by atoms with E-state index in [4.69, 9.17) is 19.3 Å². The number of benzene rings is 1. The Balaban J connectivity index is 1.57. The molecule has 0 saturated carbocycles. The molecule has 2 aromatic heterocycles. The number of hydrogen-bond donors (Lipinski definition) is 0. The van der Waals surface area contributed by atoms with Gasteiger partial charge in [-0.15, -0.1) is 0 Å². The third kappa shape index (κ3) is 6.58. The van der Waals surface area contributed by atoms with Crippen LogP contribution in [0, 0.1) is 0 Å². The zero-order valence-electron chi connectivity index (χ0n) is 22.3. The van der Waals surface area contributed by atoms with Crippen molar-refractivity contribution in [3.63, 3.8) is 0 Å². The van der Waals surface area contributed by atoms with Crippen molar-refractivity contribution in [2.24, 2.45) is 0 Å². The Hall–Kier alpha value is -2.75. The largest absolute Gasteiger partial charge is 0.385 e. The monoisotopic (exact) mass is 528 g/mol. The molecule has 0 radical (unpaired) electrons. The highest BCUT2D eigenvalue weighted by atomic mass is 32.1. The Bertz CT molecular complexity index is 1280. The summed E-state index contributed by atoms with van der Waals surface area (Å²) < 4.78 is 12.8. The van der Waals surface area contributed by atoms with Crippen molar-refractivity contribution in [3.8, 4) is 0 Å². The highest BCUT2D eigenvalue weighted by Crippen LogP contribution is 2.29. The summed E-state index contributed by atoms with van der Waals surface area (Å²) in [6.45, 7) is 8.18. The first kappa shape index (κ1) is 27.3. The second-order valence-corrected chi connectivity index (χ2v) is 11.3. The number of hydroxylamine groups is 2. The topological polar surface area (TPSA) is 85.6 Å². The number of rotatable bonds is 11. The third-order valence-corrected chi connectivity index (χ3v) is 7.11. The Morgan fingerprint density at radius 2 is 2.14 bits per heavy atom. The lowest BCUT2D eigenvalue weighted by Gasteiger charge is -2.33. The minimum atomic E-state index is -0.507. The standard InChI is InChI=1S/C27H36N4O5S/c1-27(2,3)36-31(22(18-32)23-9-8-14-35-23)16-19-10-11-20-21(15-19)30-17-24(37-26(30)28-20)25(33)29(4)12-6-7-13-34-5/h10-11,15,17,23H,6-9,12-14,16H2,1-5H3/t23-/m1/s1. The molecule has 1 aliphatic rings. The lowest BCUT2D eigenvalue weighted by Crippen LogP contribution is -2.37. The normalized spacial score (nSPS) is 15.9. The minimum Gasteiger partial charge on any atom is -0.385 e. The molecule has 1 saturated heterocycles. The Morgan fingerprint density at radius 1 is 1.32 bits per heavy atom. The van der Waals surface area contributed by atoms with Crippen molar-refractivity contribution >= 4 is 39.2 Å². The molecule has 37 heavy (non-hydrogen) atoms. The number of aromatic nitrogens is 2. The smallest absolute Gasteiger partial charge is 0.265 e. The summed E-state index contributed by atoms with van der Waals surface area (Å²) in [6, 6.07) is 5.97. The number of ether oxygens (including phenoxy) is 2. The number of carbonyl (C=O) groups excluding carboxylic acids is 2. The second kappa shape index (κ2) is 11.8. The Kier molecular flexibility index (Phi) is 8.67. The highest BCUT2D eigenvalue weighted by Gasteiger charge is 2.30. The third-order valence-electron chi connectivity index (χ3n) is 6.14. The Labute approximate surface area is 221 Å². The van der Waals surface area contributed by atoms with E-state index in [1.54, 1.807) is 17.1 Å². The Morgan fingerprint density at radius 3 is 2.81 bits per heavy atom. The lowest BCUT2D eigenvalue weighted by molar-refractivity contribution is -0.219. The quantitative estimate of drug-likeness (QED) is 0.206. The number of amides is 1. The highest BCUT2D eigenvalue weighted by molar-refractivity contribution is 7.18. The summed E-state index contributed by atoms with van der Waals surface area (Å²) in [5.74, 6) is 2.06. The number of thiazole rings is 1. The van der Waals surface area contributed by atoms with E-state index < -0.39 is 5.60 Å². The zero-order chi connectivity index (χ0) is 26.6. The first-order valence-electron chi connectivity index (χ1n) is 12.7. The van der Waals surface area contributed by atoms with Gasteiger partial charge in [-0.3, -0.25) is 14.0 Å². The van der Waals surface area contributed by atoms with E-state index in [1.165, 1.54) is 11.3 Å². The number of carbonyl (C=O) groups is 1. The zero-order valence-corrected chi connectivity index (χ0v) is 23.1. The van der Waals surface area contributed by atoms with Gasteiger partial charge in [0.2, 0.25) is 0 Å². The number of imidazole rings is 1. The van der Waals surface area contributed by atoms with Gasteiger partial charge < -0.3 is 14.4 Å². The van der Waals surface area contributed by atoms with Gasteiger partial charge in [0.1, 0.15) is 11.0 Å². The average Bonchev–Trinajstić information content (AvgIpc) is 3.58. The van der Waals surface area contributed by atoms with Crippen LogP contribution in [0.1, 0.15) is 61.7 Å². The summed E-state index contributed by atoms with van der Waals surface area (Å²) in [5, 5.41) is 1.61. The molecule has 0 spiro atoms. The van der Waals surface area contributed by atoms with Crippen LogP contribution in [0.15, 0.2) is 30.1 Å². The summed E-state index contributed by atoms with van der Waals surface area (Å²) in [5.41, 5.74) is 2.56. The number of nitrogens with zero attached hydrogens (tertiary/aromatic N) is 4. The molecular weight excluding hydrogens is 492 g/mol. The molecule has 0 aliphatic carbocycles.